The molecule has 0 saturated carbocycles. The van der Waals surface area contributed by atoms with Crippen LogP contribution in [0.4, 0.5) is 5.69 Å². The summed E-state index contributed by atoms with van der Waals surface area (Å²) >= 11 is 0. The van der Waals surface area contributed by atoms with Crippen LogP contribution in [0.25, 0.3) is 11.4 Å². The maximum absolute atomic E-state index is 12.0. The van der Waals surface area contributed by atoms with Gasteiger partial charge in [-0.25, -0.2) is 9.67 Å². The van der Waals surface area contributed by atoms with Crippen LogP contribution in [0.3, 0.4) is 0 Å². The van der Waals surface area contributed by atoms with Crippen molar-refractivity contribution in [1.29, 1.82) is 0 Å². The van der Waals surface area contributed by atoms with Gasteiger partial charge in [0, 0.05) is 24.3 Å². The molecule has 1 amide bonds. The maximum Gasteiger partial charge on any atom is 0.244 e. The van der Waals surface area contributed by atoms with Crippen molar-refractivity contribution < 1.29 is 4.79 Å². The molecule has 0 bridgehead atoms. The topological polar surface area (TPSA) is 77.0 Å². The first-order chi connectivity index (χ1) is 9.63. The van der Waals surface area contributed by atoms with Crippen molar-refractivity contribution in [3.05, 3.63) is 30.6 Å². The molecule has 0 saturated heterocycles. The van der Waals surface area contributed by atoms with Crippen LogP contribution in [0.1, 0.15) is 13.8 Å². The Morgan fingerprint density at radius 1 is 1.25 bits per heavy atom. The number of rotatable bonds is 5. The maximum atomic E-state index is 12.0. The summed E-state index contributed by atoms with van der Waals surface area (Å²) in [6.07, 6.45) is 1.58. The van der Waals surface area contributed by atoms with E-state index < -0.39 is 0 Å². The average molecular weight is 273 g/mol. The number of nitrogens with zero attached hydrogens (tertiary/aromatic N) is 4. The molecular weight excluding hydrogens is 254 g/mol. The summed E-state index contributed by atoms with van der Waals surface area (Å²) in [6.45, 7) is 5.54. The average Bonchev–Trinajstić information content (AvgIpc) is 2.89. The molecule has 0 aliphatic heterocycles. The summed E-state index contributed by atoms with van der Waals surface area (Å²) in [5.41, 5.74) is 7.23. The van der Waals surface area contributed by atoms with E-state index in [0.29, 0.717) is 24.6 Å². The van der Waals surface area contributed by atoms with E-state index in [1.54, 1.807) is 28.0 Å². The smallest absolute Gasteiger partial charge is 0.244 e. The lowest BCUT2D eigenvalue weighted by molar-refractivity contribution is -0.131. The highest BCUT2D eigenvalue weighted by atomic mass is 16.2. The summed E-state index contributed by atoms with van der Waals surface area (Å²) in [5, 5.41) is 4.32. The fourth-order valence-corrected chi connectivity index (χ4v) is 1.95. The Morgan fingerprint density at radius 3 is 2.50 bits per heavy atom. The SMILES string of the molecule is CCN(CC)C(=O)Cn1cnc(-c2ccc(N)cc2)n1. The van der Waals surface area contributed by atoms with E-state index in [4.69, 9.17) is 5.73 Å². The lowest BCUT2D eigenvalue weighted by Gasteiger charge is -2.18. The third-order valence-corrected chi connectivity index (χ3v) is 3.12. The van der Waals surface area contributed by atoms with Crippen LogP contribution in [-0.4, -0.2) is 38.7 Å². The lowest BCUT2D eigenvalue weighted by Crippen LogP contribution is -2.33. The van der Waals surface area contributed by atoms with Gasteiger partial charge in [-0.3, -0.25) is 4.79 Å². The Labute approximate surface area is 118 Å². The molecule has 0 fully saturated rings. The minimum Gasteiger partial charge on any atom is -0.399 e. The Bertz CT molecular complexity index is 572. The number of anilines is 1. The van der Waals surface area contributed by atoms with Gasteiger partial charge in [0.05, 0.1) is 0 Å². The summed E-state index contributed by atoms with van der Waals surface area (Å²) < 4.78 is 1.56. The highest BCUT2D eigenvalue weighted by Gasteiger charge is 2.12. The summed E-state index contributed by atoms with van der Waals surface area (Å²) in [6, 6.07) is 7.33. The molecule has 1 aromatic heterocycles. The summed E-state index contributed by atoms with van der Waals surface area (Å²) in [4.78, 5) is 18.0. The first-order valence-electron chi connectivity index (χ1n) is 6.67. The number of amides is 1. The van der Waals surface area contributed by atoms with Gasteiger partial charge in [0.2, 0.25) is 5.91 Å². The van der Waals surface area contributed by atoms with Gasteiger partial charge in [0.15, 0.2) is 5.82 Å². The van der Waals surface area contributed by atoms with Crippen molar-refractivity contribution >= 4 is 11.6 Å². The van der Waals surface area contributed by atoms with Gasteiger partial charge in [-0.05, 0) is 38.1 Å². The number of likely N-dealkylation sites (N-methyl/N-ethyl adjacent to an activating group) is 1. The zero-order valence-corrected chi connectivity index (χ0v) is 11.8. The van der Waals surface area contributed by atoms with Gasteiger partial charge >= 0.3 is 0 Å². The molecule has 6 nitrogen and oxygen atoms in total. The first kappa shape index (κ1) is 14.0. The van der Waals surface area contributed by atoms with E-state index in [9.17, 15) is 4.79 Å². The first-order valence-corrected chi connectivity index (χ1v) is 6.67. The van der Waals surface area contributed by atoms with Crippen LogP contribution in [-0.2, 0) is 11.3 Å². The second-order valence-corrected chi connectivity index (χ2v) is 4.45. The van der Waals surface area contributed by atoms with E-state index in [1.807, 2.05) is 26.0 Å². The number of nitrogen functional groups attached to an aromatic ring is 1. The Morgan fingerprint density at radius 2 is 1.90 bits per heavy atom. The fraction of sp³-hybridized carbons (Fsp3) is 0.357. The molecule has 0 radical (unpaired) electrons. The second kappa shape index (κ2) is 6.18. The monoisotopic (exact) mass is 273 g/mol. The predicted molar refractivity (Wildman–Crippen MR) is 77.8 cm³/mol. The molecule has 6 heteroatoms. The third-order valence-electron chi connectivity index (χ3n) is 3.12. The molecule has 1 heterocycles. The predicted octanol–water partition coefficient (Wildman–Crippen LogP) is 1.40. The zero-order valence-electron chi connectivity index (χ0n) is 11.8. The van der Waals surface area contributed by atoms with Gasteiger partial charge < -0.3 is 10.6 Å². The van der Waals surface area contributed by atoms with Crippen molar-refractivity contribution in [2.45, 2.75) is 20.4 Å². The van der Waals surface area contributed by atoms with Crippen LogP contribution in [0, 0.1) is 0 Å². The Hall–Kier alpha value is -2.37. The number of hydrogen-bond donors (Lipinski definition) is 1. The highest BCUT2D eigenvalue weighted by molar-refractivity contribution is 5.75. The van der Waals surface area contributed by atoms with E-state index in [-0.39, 0.29) is 12.5 Å². The molecule has 0 aliphatic carbocycles. The number of carbonyl (C=O) groups excluding carboxylic acids is 1. The molecular formula is C14H19N5O. The molecule has 0 unspecified atom stereocenters. The highest BCUT2D eigenvalue weighted by Crippen LogP contribution is 2.15. The molecule has 0 atom stereocenters. The van der Waals surface area contributed by atoms with Crippen molar-refractivity contribution in [2.75, 3.05) is 18.8 Å². The number of hydrogen-bond acceptors (Lipinski definition) is 4. The zero-order chi connectivity index (χ0) is 14.5. The third kappa shape index (κ3) is 3.14. The Kier molecular flexibility index (Phi) is 4.34. The van der Waals surface area contributed by atoms with E-state index in [1.165, 1.54) is 0 Å². The number of benzene rings is 1. The number of aromatic nitrogens is 3. The number of carbonyl (C=O) groups is 1. The molecule has 0 aliphatic rings. The van der Waals surface area contributed by atoms with Gasteiger partial charge in [-0.2, -0.15) is 5.10 Å². The van der Waals surface area contributed by atoms with Gasteiger partial charge in [-0.15, -0.1) is 0 Å². The molecule has 106 valence electrons. The van der Waals surface area contributed by atoms with Crippen molar-refractivity contribution in [1.82, 2.24) is 19.7 Å². The molecule has 20 heavy (non-hydrogen) atoms. The number of nitrogens with two attached hydrogens (primary N) is 1. The van der Waals surface area contributed by atoms with E-state index in [2.05, 4.69) is 10.1 Å². The minimum atomic E-state index is 0.0451. The Balaban J connectivity index is 2.09. The van der Waals surface area contributed by atoms with Crippen LogP contribution in [0.15, 0.2) is 30.6 Å². The lowest BCUT2D eigenvalue weighted by atomic mass is 10.2. The van der Waals surface area contributed by atoms with Crippen LogP contribution in [0.2, 0.25) is 0 Å². The molecule has 1 aromatic carbocycles. The minimum absolute atomic E-state index is 0.0451. The fourth-order valence-electron chi connectivity index (χ4n) is 1.95. The van der Waals surface area contributed by atoms with Crippen molar-refractivity contribution in [3.63, 3.8) is 0 Å². The second-order valence-electron chi connectivity index (χ2n) is 4.45. The summed E-state index contributed by atoms with van der Waals surface area (Å²) in [7, 11) is 0. The van der Waals surface area contributed by atoms with Crippen LogP contribution < -0.4 is 5.73 Å². The van der Waals surface area contributed by atoms with Crippen molar-refractivity contribution in [2.24, 2.45) is 0 Å². The van der Waals surface area contributed by atoms with Gasteiger partial charge in [0.25, 0.3) is 0 Å². The molecule has 0 spiro atoms. The molecule has 2 rings (SSSR count). The molecule has 2 N–H and O–H groups in total. The van der Waals surface area contributed by atoms with Crippen LogP contribution in [0.5, 0.6) is 0 Å². The standard InChI is InChI=1S/C14H19N5O/c1-3-18(4-2)13(20)9-19-10-16-14(17-19)11-5-7-12(15)8-6-11/h5-8,10H,3-4,9,15H2,1-2H3. The normalized spacial score (nSPS) is 10.5. The summed E-state index contributed by atoms with van der Waals surface area (Å²) in [5.74, 6) is 0.640. The van der Waals surface area contributed by atoms with Crippen LogP contribution >= 0.6 is 0 Å². The van der Waals surface area contributed by atoms with E-state index >= 15 is 0 Å². The van der Waals surface area contributed by atoms with Gasteiger partial charge in [0.1, 0.15) is 12.9 Å². The van der Waals surface area contributed by atoms with Gasteiger partial charge in [-0.1, -0.05) is 0 Å². The quantitative estimate of drug-likeness (QED) is 0.835. The van der Waals surface area contributed by atoms with E-state index in [0.717, 1.165) is 5.56 Å². The van der Waals surface area contributed by atoms with Crippen molar-refractivity contribution in [3.8, 4) is 11.4 Å². The molecule has 2 aromatic rings. The largest absolute Gasteiger partial charge is 0.399 e.